The van der Waals surface area contributed by atoms with Gasteiger partial charge in [0.15, 0.2) is 0 Å². The SMILES string of the molecule is NCC(=O)NC(CS)C(=O)NC(CC(=O)O)C(=O)NC(CC(N)=O)C(=O)O. The van der Waals surface area contributed by atoms with Crippen LogP contribution in [0.15, 0.2) is 0 Å². The molecule has 0 aliphatic carbocycles. The third-order valence-corrected chi connectivity index (χ3v) is 3.42. The lowest BCUT2D eigenvalue weighted by molar-refractivity contribution is -0.144. The number of hydrogen-bond acceptors (Lipinski definition) is 8. The molecule has 152 valence electrons. The molecule has 4 amide bonds. The van der Waals surface area contributed by atoms with Crippen molar-refractivity contribution in [3.8, 4) is 0 Å². The number of primary amides is 1. The highest BCUT2D eigenvalue weighted by atomic mass is 32.1. The van der Waals surface area contributed by atoms with Gasteiger partial charge in [0, 0.05) is 5.75 Å². The number of amides is 4. The van der Waals surface area contributed by atoms with Gasteiger partial charge >= 0.3 is 11.9 Å². The largest absolute Gasteiger partial charge is 0.481 e. The van der Waals surface area contributed by atoms with Crippen LogP contribution in [0.2, 0.25) is 0 Å². The Morgan fingerprint density at radius 1 is 0.852 bits per heavy atom. The van der Waals surface area contributed by atoms with Gasteiger partial charge < -0.3 is 37.6 Å². The first-order chi connectivity index (χ1) is 12.5. The van der Waals surface area contributed by atoms with Crippen molar-refractivity contribution in [1.29, 1.82) is 0 Å². The van der Waals surface area contributed by atoms with Gasteiger partial charge in [0.2, 0.25) is 23.6 Å². The van der Waals surface area contributed by atoms with Crippen molar-refractivity contribution in [3.63, 3.8) is 0 Å². The molecule has 0 bridgehead atoms. The van der Waals surface area contributed by atoms with E-state index in [2.05, 4.69) is 23.3 Å². The third-order valence-electron chi connectivity index (χ3n) is 3.05. The molecule has 0 aromatic rings. The molecule has 13 nitrogen and oxygen atoms in total. The van der Waals surface area contributed by atoms with E-state index >= 15 is 0 Å². The van der Waals surface area contributed by atoms with Crippen LogP contribution in [0.4, 0.5) is 0 Å². The second-order valence-electron chi connectivity index (χ2n) is 5.24. The first kappa shape index (κ1) is 24.1. The van der Waals surface area contributed by atoms with E-state index in [-0.39, 0.29) is 5.75 Å². The van der Waals surface area contributed by atoms with Crippen LogP contribution >= 0.6 is 12.6 Å². The number of hydrogen-bond donors (Lipinski definition) is 8. The fourth-order valence-electron chi connectivity index (χ4n) is 1.78. The molecule has 9 N–H and O–H groups in total. The topological polar surface area (TPSA) is 231 Å². The van der Waals surface area contributed by atoms with E-state index < -0.39 is 73.1 Å². The maximum atomic E-state index is 12.2. The van der Waals surface area contributed by atoms with Crippen molar-refractivity contribution in [2.45, 2.75) is 31.0 Å². The van der Waals surface area contributed by atoms with E-state index in [1.807, 2.05) is 5.32 Å². The summed E-state index contributed by atoms with van der Waals surface area (Å²) >= 11 is 3.87. The lowest BCUT2D eigenvalue weighted by Gasteiger charge is -2.22. The minimum Gasteiger partial charge on any atom is -0.481 e. The van der Waals surface area contributed by atoms with Gasteiger partial charge in [-0.05, 0) is 0 Å². The van der Waals surface area contributed by atoms with Crippen LogP contribution in [0.25, 0.3) is 0 Å². The van der Waals surface area contributed by atoms with Crippen LogP contribution in [0.3, 0.4) is 0 Å². The Morgan fingerprint density at radius 2 is 1.37 bits per heavy atom. The molecule has 0 fully saturated rings. The van der Waals surface area contributed by atoms with Crippen molar-refractivity contribution in [2.75, 3.05) is 12.3 Å². The van der Waals surface area contributed by atoms with Gasteiger partial charge in [0.25, 0.3) is 0 Å². The standard InChI is InChI=1S/C13H21N5O8S/c14-3-9(20)16-7(4-27)12(24)17-5(2-10(21)22)11(23)18-6(13(25)26)1-8(15)19/h5-7,27H,1-4,14H2,(H2,15,19)(H,16,20)(H,17,24)(H,18,23)(H,21,22)(H,25,26). The summed E-state index contributed by atoms with van der Waals surface area (Å²) in [4.78, 5) is 68.4. The number of carboxylic acid groups (broad SMARTS) is 2. The average molecular weight is 407 g/mol. The normalized spacial score (nSPS) is 13.6. The number of thiol groups is 1. The molecule has 0 aromatic carbocycles. The van der Waals surface area contributed by atoms with E-state index in [4.69, 9.17) is 21.7 Å². The molecule has 0 rings (SSSR count). The first-order valence-corrected chi connectivity index (χ1v) is 8.09. The number of rotatable bonds is 12. The fraction of sp³-hybridized carbons (Fsp3) is 0.538. The van der Waals surface area contributed by atoms with Crippen LogP contribution in [0.5, 0.6) is 0 Å². The molecule has 3 atom stereocenters. The highest BCUT2D eigenvalue weighted by Crippen LogP contribution is 2.00. The lowest BCUT2D eigenvalue weighted by atomic mass is 10.1. The van der Waals surface area contributed by atoms with E-state index in [1.54, 1.807) is 0 Å². The molecule has 0 radical (unpaired) electrons. The quantitative estimate of drug-likeness (QED) is 0.146. The summed E-state index contributed by atoms with van der Waals surface area (Å²) in [6.07, 6.45) is -1.62. The zero-order valence-electron chi connectivity index (χ0n) is 14.0. The Kier molecular flexibility index (Phi) is 10.4. The average Bonchev–Trinajstić information content (AvgIpc) is 2.56. The van der Waals surface area contributed by atoms with Gasteiger partial charge in [-0.3, -0.25) is 24.0 Å². The minimum absolute atomic E-state index is 0.182. The van der Waals surface area contributed by atoms with Crippen molar-refractivity contribution < 1.29 is 39.0 Å². The van der Waals surface area contributed by atoms with Crippen LogP contribution in [-0.2, 0) is 28.8 Å². The second kappa shape index (κ2) is 11.7. The molecule has 0 saturated heterocycles. The maximum Gasteiger partial charge on any atom is 0.326 e. The molecule has 3 unspecified atom stereocenters. The van der Waals surface area contributed by atoms with Crippen LogP contribution < -0.4 is 27.4 Å². The number of nitrogens with one attached hydrogen (secondary N) is 3. The summed E-state index contributed by atoms with van der Waals surface area (Å²) in [5.41, 5.74) is 9.99. The predicted molar refractivity (Wildman–Crippen MR) is 92.4 cm³/mol. The highest BCUT2D eigenvalue weighted by Gasteiger charge is 2.31. The van der Waals surface area contributed by atoms with Gasteiger partial charge in [0.05, 0.1) is 19.4 Å². The molecule has 14 heteroatoms. The Labute approximate surface area is 158 Å². The molecule has 0 aliphatic rings. The van der Waals surface area contributed by atoms with Gasteiger partial charge in [-0.25, -0.2) is 4.79 Å². The zero-order chi connectivity index (χ0) is 21.1. The molecular formula is C13H21N5O8S. The van der Waals surface area contributed by atoms with Gasteiger partial charge in [0.1, 0.15) is 18.1 Å². The van der Waals surface area contributed by atoms with E-state index in [9.17, 15) is 28.8 Å². The van der Waals surface area contributed by atoms with Gasteiger partial charge in [-0.2, -0.15) is 12.6 Å². The molecule has 0 aromatic heterocycles. The highest BCUT2D eigenvalue weighted by molar-refractivity contribution is 7.80. The summed E-state index contributed by atoms with van der Waals surface area (Å²) in [6.45, 7) is -0.413. The zero-order valence-corrected chi connectivity index (χ0v) is 14.9. The summed E-state index contributed by atoms with van der Waals surface area (Å²) in [7, 11) is 0. The molecular weight excluding hydrogens is 386 g/mol. The first-order valence-electron chi connectivity index (χ1n) is 7.45. The summed E-state index contributed by atoms with van der Waals surface area (Å²) in [5, 5.41) is 24.1. The van der Waals surface area contributed by atoms with Crippen LogP contribution in [0, 0.1) is 0 Å². The van der Waals surface area contributed by atoms with E-state index in [0.717, 1.165) is 0 Å². The fourth-order valence-corrected chi connectivity index (χ4v) is 2.03. The smallest absolute Gasteiger partial charge is 0.326 e. The minimum atomic E-state index is -1.71. The van der Waals surface area contributed by atoms with Crippen LogP contribution in [0.1, 0.15) is 12.8 Å². The van der Waals surface area contributed by atoms with Crippen molar-refractivity contribution in [2.24, 2.45) is 11.5 Å². The lowest BCUT2D eigenvalue weighted by Crippen LogP contribution is -2.57. The molecule has 0 spiro atoms. The number of carbonyl (C=O) groups is 6. The molecule has 0 aliphatic heterocycles. The van der Waals surface area contributed by atoms with Crippen molar-refractivity contribution in [3.05, 3.63) is 0 Å². The number of carbonyl (C=O) groups excluding carboxylic acids is 4. The van der Waals surface area contributed by atoms with Gasteiger partial charge in [-0.15, -0.1) is 0 Å². The summed E-state index contributed by atoms with van der Waals surface area (Å²) in [5.74, 6) is -7.02. The van der Waals surface area contributed by atoms with E-state index in [1.165, 1.54) is 0 Å². The van der Waals surface area contributed by atoms with Crippen LogP contribution in [-0.4, -0.2) is 76.2 Å². The summed E-state index contributed by atoms with van der Waals surface area (Å²) < 4.78 is 0. The second-order valence-corrected chi connectivity index (χ2v) is 5.60. The Morgan fingerprint density at radius 3 is 1.78 bits per heavy atom. The summed E-state index contributed by atoms with van der Waals surface area (Å²) in [6, 6.07) is -4.60. The Hall–Kier alpha value is -2.87. The number of aliphatic carboxylic acids is 2. The Balaban J connectivity index is 5.23. The predicted octanol–water partition coefficient (Wildman–Crippen LogP) is -4.24. The van der Waals surface area contributed by atoms with E-state index in [0.29, 0.717) is 0 Å². The third kappa shape index (κ3) is 9.41. The van der Waals surface area contributed by atoms with Crippen molar-refractivity contribution >= 4 is 48.2 Å². The Bertz CT molecular complexity index is 614. The van der Waals surface area contributed by atoms with Gasteiger partial charge in [-0.1, -0.05) is 0 Å². The molecule has 0 saturated carbocycles. The maximum absolute atomic E-state index is 12.2. The molecule has 27 heavy (non-hydrogen) atoms. The number of nitrogens with two attached hydrogens (primary N) is 2. The van der Waals surface area contributed by atoms with Crippen molar-refractivity contribution in [1.82, 2.24) is 16.0 Å². The monoisotopic (exact) mass is 407 g/mol. The number of carboxylic acids is 2. The molecule has 0 heterocycles.